The Morgan fingerprint density at radius 2 is 1.88 bits per heavy atom. The lowest BCUT2D eigenvalue weighted by Gasteiger charge is -2.31. The average molecular weight is 260 g/mol. The number of urea groups is 1. The minimum atomic E-state index is -0.527. The minimum Gasteiger partial charge on any atom is -0.392 e. The maximum atomic E-state index is 11.7. The van der Waals surface area contributed by atoms with Gasteiger partial charge < -0.3 is 11.1 Å². The maximum Gasteiger partial charge on any atom is 0.321 e. The van der Waals surface area contributed by atoms with Gasteiger partial charge in [-0.15, -0.1) is 0 Å². The van der Waals surface area contributed by atoms with Crippen LogP contribution in [0.15, 0.2) is 0 Å². The highest BCUT2D eigenvalue weighted by Crippen LogP contribution is 2.05. The predicted molar refractivity (Wildman–Crippen MR) is 70.7 cm³/mol. The van der Waals surface area contributed by atoms with E-state index in [0.717, 1.165) is 0 Å². The molecule has 0 aromatic rings. The van der Waals surface area contributed by atoms with Crippen LogP contribution in [0, 0.1) is 0 Å². The van der Waals surface area contributed by atoms with Gasteiger partial charge in [0, 0.05) is 19.6 Å². The van der Waals surface area contributed by atoms with Gasteiger partial charge in [0.2, 0.25) is 5.91 Å². The van der Waals surface area contributed by atoms with Crippen LogP contribution in [0.25, 0.3) is 0 Å². The third kappa shape index (κ3) is 5.60. The number of carbonyl (C=O) groups is 2. The van der Waals surface area contributed by atoms with Gasteiger partial charge in [0.05, 0.1) is 11.0 Å². The largest absolute Gasteiger partial charge is 0.392 e. The lowest BCUT2D eigenvalue weighted by atomic mass is 10.2. The molecular weight excluding hydrogens is 240 g/mol. The summed E-state index contributed by atoms with van der Waals surface area (Å²) in [5.41, 5.74) is 5.48. The van der Waals surface area contributed by atoms with E-state index in [1.165, 1.54) is 7.05 Å². The molecule has 0 aliphatic heterocycles. The number of hydrogen-bond donors (Lipinski definition) is 3. The number of rotatable bonds is 5. The van der Waals surface area contributed by atoms with Gasteiger partial charge in [-0.25, -0.2) is 4.79 Å². The third-order valence-electron chi connectivity index (χ3n) is 2.34. The minimum absolute atomic E-state index is 0.0990. The Morgan fingerprint density at radius 3 is 2.24 bits per heavy atom. The van der Waals surface area contributed by atoms with Crippen molar-refractivity contribution in [2.45, 2.75) is 32.9 Å². The Balaban J connectivity index is 4.60. The van der Waals surface area contributed by atoms with Crippen molar-refractivity contribution in [1.29, 1.82) is 0 Å². The first-order valence-electron chi connectivity index (χ1n) is 5.36. The van der Waals surface area contributed by atoms with Gasteiger partial charge in [0.25, 0.3) is 0 Å². The van der Waals surface area contributed by atoms with E-state index in [1.807, 2.05) is 18.7 Å². The molecule has 0 saturated heterocycles. The molecule has 0 heterocycles. The number of imide groups is 1. The molecule has 0 spiro atoms. The van der Waals surface area contributed by atoms with Crippen molar-refractivity contribution in [3.05, 3.63) is 0 Å². The molecule has 7 heteroatoms. The molecule has 98 valence electrons. The number of amides is 3. The summed E-state index contributed by atoms with van der Waals surface area (Å²) in [6, 6.07) is -0.906. The molecule has 6 nitrogen and oxygen atoms in total. The summed E-state index contributed by atoms with van der Waals surface area (Å²) < 4.78 is 0. The lowest BCUT2D eigenvalue weighted by Crippen LogP contribution is -2.52. The summed E-state index contributed by atoms with van der Waals surface area (Å²) >= 11 is 4.83. The Hall–Kier alpha value is -1.21. The van der Waals surface area contributed by atoms with Gasteiger partial charge in [0.15, 0.2) is 0 Å². The lowest BCUT2D eigenvalue weighted by molar-refractivity contribution is -0.125. The quantitative estimate of drug-likeness (QED) is 0.597. The summed E-state index contributed by atoms with van der Waals surface area (Å²) in [7, 11) is 1.45. The van der Waals surface area contributed by atoms with Crippen LogP contribution in [-0.2, 0) is 4.79 Å². The van der Waals surface area contributed by atoms with Crippen molar-refractivity contribution in [2.24, 2.45) is 5.73 Å². The summed E-state index contributed by atoms with van der Waals surface area (Å²) in [5, 5.41) is 4.54. The standard InChI is InChI=1S/C10H20N4O2S/c1-6(2)14(5-8(11)17)7(3)9(15)13-10(16)12-4/h6-7H,5H2,1-4H3,(H2,11,17)(H2,12,13,15,16). The van der Waals surface area contributed by atoms with Gasteiger partial charge in [0.1, 0.15) is 0 Å². The van der Waals surface area contributed by atoms with Gasteiger partial charge in [-0.1, -0.05) is 12.2 Å². The van der Waals surface area contributed by atoms with Gasteiger partial charge in [-0.3, -0.25) is 15.0 Å². The number of hydrogen-bond acceptors (Lipinski definition) is 4. The van der Waals surface area contributed by atoms with Crippen molar-refractivity contribution >= 4 is 29.1 Å². The highest BCUT2D eigenvalue weighted by molar-refractivity contribution is 7.80. The van der Waals surface area contributed by atoms with Crippen LogP contribution in [0.1, 0.15) is 20.8 Å². The van der Waals surface area contributed by atoms with Crippen LogP contribution in [0.4, 0.5) is 4.79 Å². The molecule has 17 heavy (non-hydrogen) atoms. The van der Waals surface area contributed by atoms with Crippen LogP contribution in [-0.4, -0.2) is 47.5 Å². The van der Waals surface area contributed by atoms with Crippen molar-refractivity contribution < 1.29 is 9.59 Å². The first-order chi connectivity index (χ1) is 7.79. The molecule has 1 unspecified atom stereocenters. The van der Waals surface area contributed by atoms with E-state index in [4.69, 9.17) is 18.0 Å². The highest BCUT2D eigenvalue weighted by Gasteiger charge is 2.24. The van der Waals surface area contributed by atoms with Gasteiger partial charge in [-0.05, 0) is 20.8 Å². The van der Waals surface area contributed by atoms with Crippen LogP contribution in [0.2, 0.25) is 0 Å². The monoisotopic (exact) mass is 260 g/mol. The number of nitrogens with one attached hydrogen (secondary N) is 2. The van der Waals surface area contributed by atoms with E-state index < -0.39 is 12.1 Å². The fourth-order valence-corrected chi connectivity index (χ4v) is 1.53. The molecule has 0 aromatic heterocycles. The summed E-state index contributed by atoms with van der Waals surface area (Å²) in [4.78, 5) is 24.9. The van der Waals surface area contributed by atoms with Crippen LogP contribution >= 0.6 is 12.2 Å². The SMILES string of the molecule is CNC(=O)NC(=O)C(C)N(CC(N)=S)C(C)C. The van der Waals surface area contributed by atoms with E-state index in [9.17, 15) is 9.59 Å². The molecule has 0 radical (unpaired) electrons. The summed E-state index contributed by atoms with van der Waals surface area (Å²) in [6.45, 7) is 5.91. The molecule has 0 fully saturated rings. The second-order valence-corrected chi connectivity index (χ2v) is 4.50. The van der Waals surface area contributed by atoms with Crippen molar-refractivity contribution in [3.8, 4) is 0 Å². The van der Waals surface area contributed by atoms with Gasteiger partial charge in [-0.2, -0.15) is 0 Å². The Kier molecular flexibility index (Phi) is 6.67. The van der Waals surface area contributed by atoms with E-state index in [0.29, 0.717) is 11.5 Å². The topological polar surface area (TPSA) is 87.5 Å². The zero-order valence-electron chi connectivity index (χ0n) is 10.6. The second kappa shape index (κ2) is 7.18. The van der Waals surface area contributed by atoms with Gasteiger partial charge >= 0.3 is 6.03 Å². The average Bonchev–Trinajstić information content (AvgIpc) is 2.23. The van der Waals surface area contributed by atoms with Crippen molar-refractivity contribution in [1.82, 2.24) is 15.5 Å². The van der Waals surface area contributed by atoms with Crippen molar-refractivity contribution in [3.63, 3.8) is 0 Å². The molecule has 0 saturated carbocycles. The summed E-state index contributed by atoms with van der Waals surface area (Å²) in [6.07, 6.45) is 0. The number of carbonyl (C=O) groups excluding carboxylic acids is 2. The second-order valence-electron chi connectivity index (χ2n) is 3.98. The molecule has 3 amide bonds. The first-order valence-corrected chi connectivity index (χ1v) is 5.77. The molecule has 1 atom stereocenters. The Labute approximate surface area is 107 Å². The van der Waals surface area contributed by atoms with E-state index in [1.54, 1.807) is 6.92 Å². The fourth-order valence-electron chi connectivity index (χ4n) is 1.38. The fraction of sp³-hybridized carbons (Fsp3) is 0.700. The zero-order chi connectivity index (χ0) is 13.6. The van der Waals surface area contributed by atoms with Crippen LogP contribution in [0.3, 0.4) is 0 Å². The van der Waals surface area contributed by atoms with E-state index in [-0.39, 0.29) is 11.9 Å². The van der Waals surface area contributed by atoms with E-state index >= 15 is 0 Å². The molecule has 0 rings (SSSR count). The zero-order valence-corrected chi connectivity index (χ0v) is 11.4. The maximum absolute atomic E-state index is 11.7. The van der Waals surface area contributed by atoms with Crippen molar-refractivity contribution in [2.75, 3.05) is 13.6 Å². The molecule has 0 aliphatic carbocycles. The summed E-state index contributed by atoms with van der Waals surface area (Å²) in [5.74, 6) is -0.380. The molecule has 0 aliphatic rings. The number of nitrogens with two attached hydrogens (primary N) is 1. The van der Waals surface area contributed by atoms with Crippen LogP contribution < -0.4 is 16.4 Å². The first kappa shape index (κ1) is 15.8. The van der Waals surface area contributed by atoms with Crippen LogP contribution in [0.5, 0.6) is 0 Å². The Morgan fingerprint density at radius 1 is 1.35 bits per heavy atom. The third-order valence-corrected chi connectivity index (χ3v) is 2.47. The van der Waals surface area contributed by atoms with E-state index in [2.05, 4.69) is 10.6 Å². The number of nitrogens with zero attached hydrogens (tertiary/aromatic N) is 1. The molecule has 4 N–H and O–H groups in total. The highest BCUT2D eigenvalue weighted by atomic mass is 32.1. The molecular formula is C10H20N4O2S. The molecule has 0 aromatic carbocycles. The number of thiocarbonyl (C=S) groups is 1. The molecule has 0 bridgehead atoms. The predicted octanol–water partition coefficient (Wildman–Crippen LogP) is -0.173. The Bertz CT molecular complexity index is 307. The smallest absolute Gasteiger partial charge is 0.321 e. The normalized spacial score (nSPS) is 12.4.